The zero-order valence-corrected chi connectivity index (χ0v) is 11.6. The van der Waals surface area contributed by atoms with Crippen molar-refractivity contribution >= 4 is 17.3 Å². The number of carbonyl (C=O) groups is 1. The molecule has 0 saturated carbocycles. The number of ether oxygens (including phenoxy) is 1. The molecule has 1 rings (SSSR count). The van der Waals surface area contributed by atoms with E-state index in [1.54, 1.807) is 6.07 Å². The topological polar surface area (TPSA) is 107 Å². The fourth-order valence-electron chi connectivity index (χ4n) is 1.75. The number of nitro groups is 1. The first kappa shape index (κ1) is 15.9. The van der Waals surface area contributed by atoms with Gasteiger partial charge in [0.25, 0.3) is 5.69 Å². The fraction of sp³-hybridized carbons (Fsp3) is 0.462. The molecule has 7 heteroatoms. The number of nitrogens with zero attached hydrogens (tertiary/aromatic N) is 1. The van der Waals surface area contributed by atoms with E-state index >= 15 is 0 Å². The van der Waals surface area contributed by atoms with Gasteiger partial charge in [-0.1, -0.05) is 13.3 Å². The summed E-state index contributed by atoms with van der Waals surface area (Å²) in [5.74, 6) is 0.158. The molecule has 0 saturated heterocycles. The zero-order valence-electron chi connectivity index (χ0n) is 11.6. The molecule has 1 unspecified atom stereocenters. The highest BCUT2D eigenvalue weighted by Gasteiger charge is 2.18. The molecular weight excluding hydrogens is 262 g/mol. The molecule has 0 aliphatic rings. The van der Waals surface area contributed by atoms with Crippen molar-refractivity contribution in [2.75, 3.05) is 19.0 Å². The molecule has 0 bridgehead atoms. The van der Waals surface area contributed by atoms with Gasteiger partial charge < -0.3 is 15.8 Å². The predicted molar refractivity (Wildman–Crippen MR) is 75.7 cm³/mol. The van der Waals surface area contributed by atoms with E-state index in [9.17, 15) is 14.9 Å². The molecule has 0 aromatic heterocycles. The number of nitro benzene ring substituents is 1. The molecule has 1 aromatic rings. The van der Waals surface area contributed by atoms with Crippen molar-refractivity contribution in [3.63, 3.8) is 0 Å². The molecule has 0 fully saturated rings. The summed E-state index contributed by atoms with van der Waals surface area (Å²) >= 11 is 0. The van der Waals surface area contributed by atoms with Crippen LogP contribution in [-0.4, -0.2) is 24.5 Å². The molecule has 7 nitrogen and oxygen atoms in total. The van der Waals surface area contributed by atoms with Gasteiger partial charge in [-0.2, -0.15) is 0 Å². The average molecular weight is 281 g/mol. The van der Waals surface area contributed by atoms with Crippen molar-refractivity contribution in [1.29, 1.82) is 0 Å². The number of rotatable bonds is 7. The van der Waals surface area contributed by atoms with Crippen LogP contribution >= 0.6 is 0 Å². The largest absolute Gasteiger partial charge is 0.496 e. The summed E-state index contributed by atoms with van der Waals surface area (Å²) in [7, 11) is 1.42. The van der Waals surface area contributed by atoms with E-state index in [0.29, 0.717) is 12.3 Å². The molecular formula is C13H19N3O4. The van der Waals surface area contributed by atoms with Gasteiger partial charge in [0.05, 0.1) is 18.1 Å². The minimum atomic E-state index is -0.557. The Bertz CT molecular complexity index is 487. The summed E-state index contributed by atoms with van der Waals surface area (Å²) < 4.78 is 4.93. The van der Waals surface area contributed by atoms with Crippen LogP contribution in [0.3, 0.4) is 0 Å². The number of hydrogen-bond donors (Lipinski definition) is 2. The number of methoxy groups -OCH3 is 1. The lowest BCUT2D eigenvalue weighted by molar-refractivity contribution is -0.384. The summed E-state index contributed by atoms with van der Waals surface area (Å²) in [4.78, 5) is 22.3. The SMILES string of the molecule is CCC(CN)CC(=O)Nc1ccc(OC)cc1[N+](=O)[O-]. The van der Waals surface area contributed by atoms with Crippen molar-refractivity contribution < 1.29 is 14.5 Å². The Hall–Kier alpha value is -2.15. The van der Waals surface area contributed by atoms with E-state index in [2.05, 4.69) is 5.32 Å². The van der Waals surface area contributed by atoms with E-state index in [1.165, 1.54) is 19.2 Å². The van der Waals surface area contributed by atoms with E-state index < -0.39 is 4.92 Å². The number of hydrogen-bond acceptors (Lipinski definition) is 5. The van der Waals surface area contributed by atoms with Crippen LogP contribution in [0.25, 0.3) is 0 Å². The van der Waals surface area contributed by atoms with Gasteiger partial charge in [-0.3, -0.25) is 14.9 Å². The summed E-state index contributed by atoms with van der Waals surface area (Å²) in [6.07, 6.45) is 1.03. The molecule has 1 amide bonds. The number of benzene rings is 1. The van der Waals surface area contributed by atoms with Gasteiger partial charge >= 0.3 is 0 Å². The zero-order chi connectivity index (χ0) is 15.1. The Morgan fingerprint density at radius 1 is 1.55 bits per heavy atom. The lowest BCUT2D eigenvalue weighted by Gasteiger charge is -2.12. The van der Waals surface area contributed by atoms with Crippen LogP contribution in [0.4, 0.5) is 11.4 Å². The van der Waals surface area contributed by atoms with Crippen LogP contribution in [-0.2, 0) is 4.79 Å². The minimum absolute atomic E-state index is 0.0762. The van der Waals surface area contributed by atoms with Crippen LogP contribution < -0.4 is 15.8 Å². The molecule has 1 aromatic carbocycles. The van der Waals surface area contributed by atoms with Gasteiger partial charge in [-0.25, -0.2) is 0 Å². The lowest BCUT2D eigenvalue weighted by atomic mass is 10.0. The van der Waals surface area contributed by atoms with Gasteiger partial charge in [0.1, 0.15) is 11.4 Å². The van der Waals surface area contributed by atoms with Crippen LogP contribution in [0.5, 0.6) is 5.75 Å². The van der Waals surface area contributed by atoms with Gasteiger partial charge in [0.15, 0.2) is 0 Å². The predicted octanol–water partition coefficient (Wildman–Crippen LogP) is 1.92. The second kappa shape index (κ2) is 7.44. The first-order chi connectivity index (χ1) is 9.51. The molecule has 3 N–H and O–H groups in total. The first-order valence-electron chi connectivity index (χ1n) is 6.34. The monoisotopic (exact) mass is 281 g/mol. The van der Waals surface area contributed by atoms with Crippen LogP contribution in [0.15, 0.2) is 18.2 Å². The number of amides is 1. The fourth-order valence-corrected chi connectivity index (χ4v) is 1.75. The second-order valence-corrected chi connectivity index (χ2v) is 4.40. The van der Waals surface area contributed by atoms with Gasteiger partial charge in [-0.15, -0.1) is 0 Å². The van der Waals surface area contributed by atoms with Crippen molar-refractivity contribution in [3.05, 3.63) is 28.3 Å². The Morgan fingerprint density at radius 3 is 2.75 bits per heavy atom. The third-order valence-corrected chi connectivity index (χ3v) is 3.06. The average Bonchev–Trinajstić information content (AvgIpc) is 2.44. The van der Waals surface area contributed by atoms with Crippen LogP contribution in [0, 0.1) is 16.0 Å². The van der Waals surface area contributed by atoms with Crippen LogP contribution in [0.1, 0.15) is 19.8 Å². The molecule has 0 aliphatic carbocycles. The van der Waals surface area contributed by atoms with E-state index in [-0.39, 0.29) is 29.6 Å². The highest BCUT2D eigenvalue weighted by atomic mass is 16.6. The number of nitrogens with two attached hydrogens (primary N) is 1. The Balaban J connectivity index is 2.86. The van der Waals surface area contributed by atoms with Gasteiger partial charge in [0.2, 0.25) is 5.91 Å². The highest BCUT2D eigenvalue weighted by molar-refractivity contribution is 5.93. The van der Waals surface area contributed by atoms with Gasteiger partial charge in [0, 0.05) is 6.42 Å². The molecule has 0 spiro atoms. The lowest BCUT2D eigenvalue weighted by Crippen LogP contribution is -2.22. The summed E-state index contributed by atoms with van der Waals surface area (Å²) in [5.41, 5.74) is 5.50. The van der Waals surface area contributed by atoms with Crippen molar-refractivity contribution in [1.82, 2.24) is 0 Å². The van der Waals surface area contributed by atoms with E-state index in [1.807, 2.05) is 6.92 Å². The summed E-state index contributed by atoms with van der Waals surface area (Å²) in [5, 5.41) is 13.5. The first-order valence-corrected chi connectivity index (χ1v) is 6.34. The minimum Gasteiger partial charge on any atom is -0.496 e. The molecule has 0 heterocycles. The quantitative estimate of drug-likeness (QED) is 0.586. The van der Waals surface area contributed by atoms with Gasteiger partial charge in [-0.05, 0) is 24.6 Å². The maximum atomic E-state index is 11.8. The third-order valence-electron chi connectivity index (χ3n) is 3.06. The normalized spacial score (nSPS) is 11.8. The number of carbonyl (C=O) groups excluding carboxylic acids is 1. The van der Waals surface area contributed by atoms with Crippen LogP contribution in [0.2, 0.25) is 0 Å². The smallest absolute Gasteiger partial charge is 0.296 e. The maximum absolute atomic E-state index is 11.8. The second-order valence-electron chi connectivity index (χ2n) is 4.40. The van der Waals surface area contributed by atoms with Crippen molar-refractivity contribution in [2.24, 2.45) is 11.7 Å². The summed E-state index contributed by atoms with van der Waals surface area (Å²) in [6.45, 7) is 2.36. The molecule has 110 valence electrons. The Labute approximate surface area is 117 Å². The Kier molecular flexibility index (Phi) is 5.92. The van der Waals surface area contributed by atoms with E-state index in [0.717, 1.165) is 6.42 Å². The van der Waals surface area contributed by atoms with E-state index in [4.69, 9.17) is 10.5 Å². The van der Waals surface area contributed by atoms with Crippen molar-refractivity contribution in [3.8, 4) is 5.75 Å². The number of anilines is 1. The number of nitrogens with one attached hydrogen (secondary N) is 1. The maximum Gasteiger partial charge on any atom is 0.296 e. The third kappa shape index (κ3) is 4.20. The molecule has 20 heavy (non-hydrogen) atoms. The molecule has 0 aliphatic heterocycles. The highest BCUT2D eigenvalue weighted by Crippen LogP contribution is 2.29. The summed E-state index contributed by atoms with van der Waals surface area (Å²) in [6, 6.07) is 4.29. The Morgan fingerprint density at radius 2 is 2.25 bits per heavy atom. The molecule has 0 radical (unpaired) electrons. The molecule has 1 atom stereocenters. The standard InChI is InChI=1S/C13H19N3O4/c1-3-9(8-14)6-13(17)15-11-5-4-10(20-2)7-12(11)16(18)19/h4-5,7,9H,3,6,8,14H2,1-2H3,(H,15,17). The van der Waals surface area contributed by atoms with Crippen molar-refractivity contribution in [2.45, 2.75) is 19.8 Å².